The maximum absolute atomic E-state index is 9.92. The van der Waals surface area contributed by atoms with Crippen LogP contribution in [0.25, 0.3) is 0 Å². The second kappa shape index (κ2) is 5.64. The highest BCUT2D eigenvalue weighted by molar-refractivity contribution is 5.32. The van der Waals surface area contributed by atoms with E-state index in [0.717, 1.165) is 32.4 Å². The topological polar surface area (TPSA) is 32.3 Å². The molecule has 2 nitrogen and oxygen atoms in total. The maximum atomic E-state index is 9.92. The summed E-state index contributed by atoms with van der Waals surface area (Å²) in [7, 11) is 0. The molecule has 1 aromatic carbocycles. The van der Waals surface area contributed by atoms with Gasteiger partial charge in [-0.05, 0) is 48.9 Å². The lowest BCUT2D eigenvalue weighted by atomic mass is 9.74. The van der Waals surface area contributed by atoms with Gasteiger partial charge in [0.15, 0.2) is 0 Å². The first-order chi connectivity index (χ1) is 8.98. The largest absolute Gasteiger partial charge is 0.395 e. The average molecular weight is 261 g/mol. The molecule has 0 aliphatic carbocycles. The molecule has 0 saturated carbocycles. The highest BCUT2D eigenvalue weighted by atomic mass is 16.3. The highest BCUT2D eigenvalue weighted by Gasteiger charge is 2.32. The van der Waals surface area contributed by atoms with Gasteiger partial charge in [0, 0.05) is 5.41 Å². The van der Waals surface area contributed by atoms with E-state index in [1.165, 1.54) is 11.1 Å². The first kappa shape index (κ1) is 14.5. The third-order valence-electron chi connectivity index (χ3n) is 4.46. The molecule has 1 aliphatic rings. The average Bonchev–Trinajstić information content (AvgIpc) is 2.64. The fraction of sp³-hybridized carbons (Fsp3) is 0.647. The molecule has 1 fully saturated rings. The number of rotatable bonds is 2. The van der Waals surface area contributed by atoms with Gasteiger partial charge in [-0.25, -0.2) is 0 Å². The van der Waals surface area contributed by atoms with Gasteiger partial charge in [-0.2, -0.15) is 0 Å². The fourth-order valence-electron chi connectivity index (χ4n) is 2.99. The van der Waals surface area contributed by atoms with Crippen LogP contribution >= 0.6 is 0 Å². The Kier molecular flexibility index (Phi) is 4.32. The van der Waals surface area contributed by atoms with Crippen molar-refractivity contribution in [2.45, 2.75) is 50.9 Å². The zero-order chi connectivity index (χ0) is 13.9. The van der Waals surface area contributed by atoms with E-state index < -0.39 is 0 Å². The van der Waals surface area contributed by atoms with E-state index in [1.54, 1.807) is 0 Å². The van der Waals surface area contributed by atoms with E-state index in [2.05, 4.69) is 50.4 Å². The third kappa shape index (κ3) is 3.18. The minimum Gasteiger partial charge on any atom is -0.395 e. The van der Waals surface area contributed by atoms with Crippen molar-refractivity contribution in [2.24, 2.45) is 0 Å². The SMILES string of the molecule is CC(C)(C)c1ccc(C2(CO)CCCNCC2)cc1. The Morgan fingerprint density at radius 3 is 2.37 bits per heavy atom. The van der Waals surface area contributed by atoms with Crippen LogP contribution in [0.3, 0.4) is 0 Å². The van der Waals surface area contributed by atoms with Gasteiger partial charge in [0.2, 0.25) is 0 Å². The lowest BCUT2D eigenvalue weighted by Crippen LogP contribution is -2.32. The molecule has 0 radical (unpaired) electrons. The summed E-state index contributed by atoms with van der Waals surface area (Å²) < 4.78 is 0. The fourth-order valence-corrected chi connectivity index (χ4v) is 2.99. The predicted molar refractivity (Wildman–Crippen MR) is 80.6 cm³/mol. The number of aliphatic hydroxyl groups excluding tert-OH is 1. The van der Waals surface area contributed by atoms with Gasteiger partial charge in [0.05, 0.1) is 6.61 Å². The zero-order valence-corrected chi connectivity index (χ0v) is 12.5. The van der Waals surface area contributed by atoms with E-state index in [9.17, 15) is 5.11 Å². The normalized spacial score (nSPS) is 25.1. The monoisotopic (exact) mass is 261 g/mol. The molecule has 1 heterocycles. The molecule has 2 rings (SSSR count). The van der Waals surface area contributed by atoms with Crippen LogP contribution in [0.4, 0.5) is 0 Å². The summed E-state index contributed by atoms with van der Waals surface area (Å²) in [4.78, 5) is 0. The van der Waals surface area contributed by atoms with Crippen molar-refractivity contribution in [2.75, 3.05) is 19.7 Å². The van der Waals surface area contributed by atoms with E-state index >= 15 is 0 Å². The number of benzene rings is 1. The first-order valence-corrected chi connectivity index (χ1v) is 7.41. The lowest BCUT2D eigenvalue weighted by Gasteiger charge is -2.32. The van der Waals surface area contributed by atoms with Gasteiger partial charge in [-0.1, -0.05) is 45.0 Å². The summed E-state index contributed by atoms with van der Waals surface area (Å²) in [6, 6.07) is 8.90. The molecule has 1 unspecified atom stereocenters. The van der Waals surface area contributed by atoms with Crippen molar-refractivity contribution >= 4 is 0 Å². The van der Waals surface area contributed by atoms with Crippen LogP contribution in [0, 0.1) is 0 Å². The van der Waals surface area contributed by atoms with Crippen LogP contribution < -0.4 is 5.32 Å². The standard InChI is InChI=1S/C17H27NO/c1-16(2,3)14-5-7-15(8-6-14)17(13-19)9-4-11-18-12-10-17/h5-8,18-19H,4,9-13H2,1-3H3. The van der Waals surface area contributed by atoms with E-state index in [1.807, 2.05) is 0 Å². The molecule has 0 aromatic heterocycles. The Hall–Kier alpha value is -0.860. The molecular weight excluding hydrogens is 234 g/mol. The van der Waals surface area contributed by atoms with Crippen LogP contribution in [0.1, 0.15) is 51.2 Å². The summed E-state index contributed by atoms with van der Waals surface area (Å²) in [6.45, 7) is 9.03. The molecule has 106 valence electrons. The van der Waals surface area contributed by atoms with Crippen molar-refractivity contribution in [3.05, 3.63) is 35.4 Å². The Balaban J connectivity index is 2.28. The Labute approximate surface area is 117 Å². The van der Waals surface area contributed by atoms with Crippen molar-refractivity contribution < 1.29 is 5.11 Å². The van der Waals surface area contributed by atoms with Crippen molar-refractivity contribution in [3.8, 4) is 0 Å². The van der Waals surface area contributed by atoms with Gasteiger partial charge in [0.1, 0.15) is 0 Å². The van der Waals surface area contributed by atoms with Gasteiger partial charge >= 0.3 is 0 Å². The molecule has 0 amide bonds. The van der Waals surface area contributed by atoms with E-state index in [-0.39, 0.29) is 17.4 Å². The van der Waals surface area contributed by atoms with E-state index in [4.69, 9.17) is 0 Å². The summed E-state index contributed by atoms with van der Waals surface area (Å²) in [5, 5.41) is 13.4. The summed E-state index contributed by atoms with van der Waals surface area (Å²) in [6.07, 6.45) is 3.24. The van der Waals surface area contributed by atoms with Crippen LogP contribution in [-0.2, 0) is 10.8 Å². The predicted octanol–water partition coefficient (Wildman–Crippen LogP) is 2.99. The Bertz CT molecular complexity index is 394. The molecule has 2 heteroatoms. The summed E-state index contributed by atoms with van der Waals surface area (Å²) >= 11 is 0. The second-order valence-electron chi connectivity index (χ2n) is 6.87. The number of nitrogens with one attached hydrogen (secondary N) is 1. The molecule has 0 bridgehead atoms. The molecule has 1 atom stereocenters. The van der Waals surface area contributed by atoms with Gasteiger partial charge < -0.3 is 10.4 Å². The zero-order valence-electron chi connectivity index (χ0n) is 12.5. The maximum Gasteiger partial charge on any atom is 0.0528 e. The third-order valence-corrected chi connectivity index (χ3v) is 4.46. The van der Waals surface area contributed by atoms with Crippen LogP contribution in [-0.4, -0.2) is 24.8 Å². The minimum atomic E-state index is -0.0418. The number of aliphatic hydroxyl groups is 1. The molecular formula is C17H27NO. The molecule has 1 aromatic rings. The minimum absolute atomic E-state index is 0.0418. The second-order valence-corrected chi connectivity index (χ2v) is 6.87. The Morgan fingerprint density at radius 2 is 1.79 bits per heavy atom. The number of hydrogen-bond acceptors (Lipinski definition) is 2. The van der Waals surface area contributed by atoms with Crippen LogP contribution in [0.5, 0.6) is 0 Å². The Morgan fingerprint density at radius 1 is 1.11 bits per heavy atom. The van der Waals surface area contributed by atoms with Crippen molar-refractivity contribution in [1.29, 1.82) is 0 Å². The molecule has 2 N–H and O–H groups in total. The van der Waals surface area contributed by atoms with Crippen molar-refractivity contribution in [1.82, 2.24) is 5.32 Å². The van der Waals surface area contributed by atoms with E-state index in [0.29, 0.717) is 0 Å². The van der Waals surface area contributed by atoms with Crippen LogP contribution in [0.2, 0.25) is 0 Å². The van der Waals surface area contributed by atoms with Crippen molar-refractivity contribution in [3.63, 3.8) is 0 Å². The molecule has 19 heavy (non-hydrogen) atoms. The summed E-state index contributed by atoms with van der Waals surface area (Å²) in [5.74, 6) is 0. The quantitative estimate of drug-likeness (QED) is 0.858. The van der Waals surface area contributed by atoms with Gasteiger partial charge in [0.25, 0.3) is 0 Å². The smallest absolute Gasteiger partial charge is 0.0528 e. The van der Waals surface area contributed by atoms with Crippen LogP contribution in [0.15, 0.2) is 24.3 Å². The summed E-state index contributed by atoms with van der Waals surface area (Å²) in [5.41, 5.74) is 2.80. The first-order valence-electron chi connectivity index (χ1n) is 7.41. The molecule has 0 spiro atoms. The van der Waals surface area contributed by atoms with Gasteiger partial charge in [-0.3, -0.25) is 0 Å². The highest BCUT2D eigenvalue weighted by Crippen LogP contribution is 2.35. The lowest BCUT2D eigenvalue weighted by molar-refractivity contribution is 0.179. The molecule has 1 saturated heterocycles. The number of hydrogen-bond donors (Lipinski definition) is 2. The molecule has 1 aliphatic heterocycles. The van der Waals surface area contributed by atoms with Gasteiger partial charge in [-0.15, -0.1) is 0 Å².